The zero-order chi connectivity index (χ0) is 30.5. The molecule has 1 aliphatic rings. The summed E-state index contributed by atoms with van der Waals surface area (Å²) in [5.74, 6) is 0. The van der Waals surface area contributed by atoms with Gasteiger partial charge in [0.1, 0.15) is 0 Å². The van der Waals surface area contributed by atoms with Gasteiger partial charge in [-0.15, -0.1) is 28.4 Å². The molecule has 0 bridgehead atoms. The molecule has 0 nitrogen and oxygen atoms in total. The Balaban J connectivity index is 1.93. The highest BCUT2D eigenvalue weighted by molar-refractivity contribution is 7.14. The maximum Gasteiger partial charge on any atom is 0.0312 e. The first-order valence-corrected chi connectivity index (χ1v) is 19.6. The SMILES string of the molecule is CCCCCCc1csc(/C=C/c2sc(/C=C/C3=C=CC=C3)c(CCCCCC)c2CCCCCC)c1CCCCCC. The van der Waals surface area contributed by atoms with E-state index < -0.39 is 0 Å². The van der Waals surface area contributed by atoms with Crippen molar-refractivity contribution in [3.8, 4) is 0 Å². The highest BCUT2D eigenvalue weighted by Gasteiger charge is 2.16. The van der Waals surface area contributed by atoms with E-state index in [0.29, 0.717) is 0 Å². The average Bonchev–Trinajstić information content (AvgIpc) is 3.75. The van der Waals surface area contributed by atoms with Gasteiger partial charge >= 0.3 is 0 Å². The lowest BCUT2D eigenvalue weighted by Crippen LogP contribution is -1.96. The van der Waals surface area contributed by atoms with Crippen LogP contribution in [0.3, 0.4) is 0 Å². The van der Waals surface area contributed by atoms with Gasteiger partial charge < -0.3 is 0 Å². The molecule has 0 amide bonds. The Morgan fingerprint density at radius 2 is 1.02 bits per heavy atom. The molecule has 0 fully saturated rings. The van der Waals surface area contributed by atoms with Crippen LogP contribution >= 0.6 is 22.7 Å². The van der Waals surface area contributed by atoms with Crippen LogP contribution in [0.15, 0.2) is 41.0 Å². The first-order valence-electron chi connectivity index (χ1n) is 17.9. The van der Waals surface area contributed by atoms with E-state index in [0.717, 1.165) is 0 Å². The third-order valence-electron chi connectivity index (χ3n) is 8.76. The van der Waals surface area contributed by atoms with Crippen molar-refractivity contribution >= 4 is 40.9 Å². The second-order valence-corrected chi connectivity index (χ2v) is 14.4. The summed E-state index contributed by atoms with van der Waals surface area (Å²) in [6.45, 7) is 9.27. The van der Waals surface area contributed by atoms with Gasteiger partial charge in [0.2, 0.25) is 0 Å². The molecule has 236 valence electrons. The fraction of sp³-hybridized carbons (Fsp3) is 0.585. The van der Waals surface area contributed by atoms with E-state index in [2.05, 4.69) is 75.3 Å². The highest BCUT2D eigenvalue weighted by atomic mass is 32.1. The van der Waals surface area contributed by atoms with Crippen molar-refractivity contribution in [3.63, 3.8) is 0 Å². The number of unbranched alkanes of at least 4 members (excludes halogenated alkanes) is 12. The molecule has 0 N–H and O–H groups in total. The maximum atomic E-state index is 3.36. The van der Waals surface area contributed by atoms with Crippen LogP contribution in [0.1, 0.15) is 167 Å². The number of rotatable bonds is 24. The van der Waals surface area contributed by atoms with Crippen molar-refractivity contribution in [1.82, 2.24) is 0 Å². The van der Waals surface area contributed by atoms with Crippen molar-refractivity contribution in [2.45, 2.75) is 156 Å². The smallest absolute Gasteiger partial charge is 0.0312 e. The van der Waals surface area contributed by atoms with Crippen molar-refractivity contribution in [3.05, 3.63) is 77.9 Å². The molecular formula is C41H60S2. The summed E-state index contributed by atoms with van der Waals surface area (Å²) in [5, 5.41) is 2.49. The molecule has 0 radical (unpaired) electrons. The molecule has 0 unspecified atom stereocenters. The number of hydrogen-bond donors (Lipinski definition) is 0. The first-order chi connectivity index (χ1) is 21.2. The van der Waals surface area contributed by atoms with Gasteiger partial charge in [0.05, 0.1) is 0 Å². The van der Waals surface area contributed by atoms with Gasteiger partial charge in [0.15, 0.2) is 0 Å². The van der Waals surface area contributed by atoms with Crippen molar-refractivity contribution in [2.24, 2.45) is 0 Å². The molecule has 0 saturated carbocycles. The minimum atomic E-state index is 1.18. The predicted molar refractivity (Wildman–Crippen MR) is 199 cm³/mol. The van der Waals surface area contributed by atoms with Crippen LogP contribution < -0.4 is 0 Å². The van der Waals surface area contributed by atoms with Crippen molar-refractivity contribution in [2.75, 3.05) is 0 Å². The number of hydrogen-bond acceptors (Lipinski definition) is 2. The fourth-order valence-electron chi connectivity index (χ4n) is 6.12. The molecule has 3 rings (SSSR count). The lowest BCUT2D eigenvalue weighted by atomic mass is 9.96. The van der Waals surface area contributed by atoms with Crippen LogP contribution in [-0.2, 0) is 25.7 Å². The topological polar surface area (TPSA) is 0 Å². The molecule has 0 atom stereocenters. The van der Waals surface area contributed by atoms with E-state index in [1.54, 1.807) is 22.3 Å². The Labute approximate surface area is 273 Å². The Hall–Kier alpha value is -1.86. The molecular weight excluding hydrogens is 557 g/mol. The van der Waals surface area contributed by atoms with E-state index in [-0.39, 0.29) is 0 Å². The quantitative estimate of drug-likeness (QED) is 0.0813. The fourth-order valence-corrected chi connectivity index (χ4v) is 8.38. The van der Waals surface area contributed by atoms with Crippen LogP contribution in [0.5, 0.6) is 0 Å². The summed E-state index contributed by atoms with van der Waals surface area (Å²) in [5.41, 5.74) is 11.1. The minimum absolute atomic E-state index is 1.18. The molecule has 2 heteroatoms. The standard InChI is InChI=1S/C41H60S2/c1-5-9-13-17-25-35-33-42-39(36(35)26-18-14-10-6-2)31-32-41-38(28-20-16-12-8-4)37(27-19-15-11-7-3)40(43-41)30-29-34-23-21-22-24-34/h21-23,29-33H,5-20,25-28H2,1-4H3/b30-29+,32-31+. The predicted octanol–water partition coefficient (Wildman–Crippen LogP) is 14.1. The first kappa shape index (κ1) is 35.6. The Bertz CT molecular complexity index is 1200. The van der Waals surface area contributed by atoms with E-state index in [4.69, 9.17) is 0 Å². The normalized spacial score (nSPS) is 13.0. The second-order valence-electron chi connectivity index (χ2n) is 12.4. The van der Waals surface area contributed by atoms with Crippen LogP contribution in [0.4, 0.5) is 0 Å². The zero-order valence-electron chi connectivity index (χ0n) is 28.1. The zero-order valence-corrected chi connectivity index (χ0v) is 29.7. The molecule has 2 aromatic heterocycles. The number of aryl methyl sites for hydroxylation is 1. The molecule has 0 spiro atoms. The summed E-state index contributed by atoms with van der Waals surface area (Å²) >= 11 is 4.02. The van der Waals surface area contributed by atoms with Gasteiger partial charge in [-0.2, -0.15) is 0 Å². The molecule has 2 aromatic rings. The van der Waals surface area contributed by atoms with E-state index >= 15 is 0 Å². The Kier molecular flexibility index (Phi) is 18.0. The van der Waals surface area contributed by atoms with Crippen LogP contribution in [0, 0.1) is 0 Å². The molecule has 0 aromatic carbocycles. The molecule has 2 heterocycles. The summed E-state index contributed by atoms with van der Waals surface area (Å²) in [6.07, 6.45) is 42.1. The van der Waals surface area contributed by atoms with Gasteiger partial charge in [0.25, 0.3) is 0 Å². The molecule has 0 aliphatic heterocycles. The second kappa shape index (κ2) is 21.8. The largest absolute Gasteiger partial charge is 0.144 e. The lowest BCUT2D eigenvalue weighted by molar-refractivity contribution is 0.651. The number of thiophene rings is 2. The van der Waals surface area contributed by atoms with Gasteiger partial charge in [-0.05, 0) is 115 Å². The summed E-state index contributed by atoms with van der Waals surface area (Å²) in [6, 6.07) is 0. The number of allylic oxidation sites excluding steroid dienone is 4. The summed E-state index contributed by atoms with van der Waals surface area (Å²) in [4.78, 5) is 4.49. The minimum Gasteiger partial charge on any atom is -0.144 e. The molecule has 1 aliphatic carbocycles. The van der Waals surface area contributed by atoms with Crippen LogP contribution in [-0.4, -0.2) is 0 Å². The lowest BCUT2D eigenvalue weighted by Gasteiger charge is -2.08. The Morgan fingerprint density at radius 3 is 1.53 bits per heavy atom. The molecule has 43 heavy (non-hydrogen) atoms. The van der Waals surface area contributed by atoms with Gasteiger partial charge in [-0.25, -0.2) is 0 Å². The van der Waals surface area contributed by atoms with Crippen LogP contribution in [0.25, 0.3) is 18.2 Å². The van der Waals surface area contributed by atoms with E-state index in [9.17, 15) is 0 Å². The summed E-state index contributed by atoms with van der Waals surface area (Å²) in [7, 11) is 0. The average molecular weight is 617 g/mol. The highest BCUT2D eigenvalue weighted by Crippen LogP contribution is 2.36. The third kappa shape index (κ3) is 12.6. The maximum absolute atomic E-state index is 3.36. The van der Waals surface area contributed by atoms with Crippen molar-refractivity contribution < 1.29 is 0 Å². The summed E-state index contributed by atoms with van der Waals surface area (Å²) < 4.78 is 0. The Morgan fingerprint density at radius 1 is 0.535 bits per heavy atom. The van der Waals surface area contributed by atoms with Crippen LogP contribution in [0.2, 0.25) is 0 Å². The van der Waals surface area contributed by atoms with E-state index in [1.165, 1.54) is 149 Å². The van der Waals surface area contributed by atoms with Crippen molar-refractivity contribution in [1.29, 1.82) is 0 Å². The monoisotopic (exact) mass is 616 g/mol. The third-order valence-corrected chi connectivity index (χ3v) is 11.0. The van der Waals surface area contributed by atoms with Gasteiger partial charge in [-0.3, -0.25) is 0 Å². The van der Waals surface area contributed by atoms with E-state index in [1.807, 2.05) is 28.7 Å². The van der Waals surface area contributed by atoms with Gasteiger partial charge in [0, 0.05) is 20.2 Å². The molecule has 0 saturated heterocycles. The van der Waals surface area contributed by atoms with Gasteiger partial charge in [-0.1, -0.05) is 111 Å².